The monoisotopic (exact) mass is 383 g/mol. The van der Waals surface area contributed by atoms with Gasteiger partial charge < -0.3 is 10.2 Å². The van der Waals surface area contributed by atoms with Crippen molar-refractivity contribution in [2.75, 3.05) is 18.4 Å². The zero-order valence-electron chi connectivity index (χ0n) is 16.0. The molecule has 0 spiro atoms. The number of amides is 2. The third-order valence-electron chi connectivity index (χ3n) is 5.98. The number of aromatic nitrogens is 1. The third kappa shape index (κ3) is 3.54. The first-order valence-corrected chi connectivity index (χ1v) is 10.0. The molecule has 144 valence electrons. The fraction of sp³-hybridized carbons (Fsp3) is 0.292. The highest BCUT2D eigenvalue weighted by Crippen LogP contribution is 2.40. The molecule has 3 heterocycles. The summed E-state index contributed by atoms with van der Waals surface area (Å²) in [7, 11) is 0. The fourth-order valence-electron chi connectivity index (χ4n) is 4.47. The Hall–Kier alpha value is -3.39. The molecule has 5 rings (SSSR count). The topological polar surface area (TPSA) is 62.3 Å². The summed E-state index contributed by atoms with van der Waals surface area (Å²) >= 11 is 0. The van der Waals surface area contributed by atoms with E-state index in [9.17, 15) is 9.59 Å². The zero-order chi connectivity index (χ0) is 19.8. The number of allylic oxidation sites excluding steroid dienone is 1. The second-order valence-electron chi connectivity index (χ2n) is 7.93. The van der Waals surface area contributed by atoms with Gasteiger partial charge in [-0.1, -0.05) is 42.3 Å². The molecule has 1 fully saturated rings. The van der Waals surface area contributed by atoms with E-state index in [-0.39, 0.29) is 11.8 Å². The largest absolute Gasteiger partial charge is 0.331 e. The molecular weight excluding hydrogens is 362 g/mol. The van der Waals surface area contributed by atoms with Crippen LogP contribution in [-0.4, -0.2) is 34.8 Å². The molecule has 29 heavy (non-hydrogen) atoms. The number of carbonyl (C=O) groups excluding carboxylic acids is 2. The standard InChI is InChI=1S/C24H21N3O2/c28-22-8-7-18-10-16(13-25-24(18)26-22)6-9-23(29)27-14-20-11-19(12-21(20)15-27)17-4-2-1-3-5-17/h1-5,10-11,13,20-21H,7-8,12,14-15H2,(H,25,26,28). The van der Waals surface area contributed by atoms with Crippen LogP contribution in [0, 0.1) is 23.7 Å². The van der Waals surface area contributed by atoms with Crippen LogP contribution in [0.2, 0.25) is 0 Å². The molecule has 2 unspecified atom stereocenters. The average Bonchev–Trinajstić information content (AvgIpc) is 3.32. The van der Waals surface area contributed by atoms with Gasteiger partial charge in [0.2, 0.25) is 5.91 Å². The number of carbonyl (C=O) groups is 2. The molecule has 1 aromatic carbocycles. The lowest BCUT2D eigenvalue weighted by molar-refractivity contribution is -0.124. The minimum absolute atomic E-state index is 0.0111. The third-order valence-corrected chi connectivity index (χ3v) is 5.98. The molecule has 0 saturated carbocycles. The Balaban J connectivity index is 1.25. The summed E-state index contributed by atoms with van der Waals surface area (Å²) in [6.07, 6.45) is 6.08. The zero-order valence-corrected chi connectivity index (χ0v) is 16.0. The number of fused-ring (bicyclic) bond motifs is 2. The van der Waals surface area contributed by atoms with Crippen LogP contribution in [0.3, 0.4) is 0 Å². The SMILES string of the molecule is O=C1CCc2cc(C#CC(=O)N3CC4C=C(c5ccccc5)CC4C3)cnc2N1. The van der Waals surface area contributed by atoms with Crippen LogP contribution >= 0.6 is 0 Å². The van der Waals surface area contributed by atoms with Crippen molar-refractivity contribution in [1.29, 1.82) is 0 Å². The van der Waals surface area contributed by atoms with E-state index >= 15 is 0 Å². The van der Waals surface area contributed by atoms with E-state index in [1.807, 2.05) is 17.0 Å². The number of nitrogens with one attached hydrogen (secondary N) is 1. The number of benzene rings is 1. The smallest absolute Gasteiger partial charge is 0.298 e. The lowest BCUT2D eigenvalue weighted by Gasteiger charge is -2.15. The van der Waals surface area contributed by atoms with Gasteiger partial charge in [0, 0.05) is 37.2 Å². The Kier molecular flexibility index (Phi) is 4.40. The number of rotatable bonds is 1. The molecule has 0 radical (unpaired) electrons. The summed E-state index contributed by atoms with van der Waals surface area (Å²) in [4.78, 5) is 30.1. The van der Waals surface area contributed by atoms with Crippen LogP contribution in [-0.2, 0) is 16.0 Å². The van der Waals surface area contributed by atoms with Gasteiger partial charge in [-0.25, -0.2) is 4.98 Å². The van der Waals surface area contributed by atoms with Gasteiger partial charge in [0.1, 0.15) is 5.82 Å². The minimum atomic E-state index is -0.125. The maximum Gasteiger partial charge on any atom is 0.298 e. The molecule has 1 saturated heterocycles. The predicted molar refractivity (Wildman–Crippen MR) is 111 cm³/mol. The van der Waals surface area contributed by atoms with Crippen LogP contribution < -0.4 is 5.32 Å². The first-order valence-electron chi connectivity index (χ1n) is 10.0. The van der Waals surface area contributed by atoms with Crippen molar-refractivity contribution in [2.24, 2.45) is 11.8 Å². The molecule has 2 atom stereocenters. The molecule has 5 heteroatoms. The molecule has 1 N–H and O–H groups in total. The number of likely N-dealkylation sites (tertiary alicyclic amines) is 1. The second-order valence-corrected chi connectivity index (χ2v) is 7.93. The Labute approximate surface area is 169 Å². The quantitative estimate of drug-likeness (QED) is 0.771. The molecule has 2 aromatic rings. The lowest BCUT2D eigenvalue weighted by Crippen LogP contribution is -2.28. The molecule has 0 bridgehead atoms. The van der Waals surface area contributed by atoms with E-state index in [1.165, 1.54) is 11.1 Å². The van der Waals surface area contributed by atoms with Crippen LogP contribution in [0.5, 0.6) is 0 Å². The maximum absolute atomic E-state index is 12.6. The summed E-state index contributed by atoms with van der Waals surface area (Å²) in [6, 6.07) is 12.4. The van der Waals surface area contributed by atoms with Crippen LogP contribution in [0.25, 0.3) is 5.57 Å². The van der Waals surface area contributed by atoms with E-state index in [2.05, 4.69) is 52.5 Å². The average molecular weight is 383 g/mol. The number of pyridine rings is 1. The fourth-order valence-corrected chi connectivity index (χ4v) is 4.47. The summed E-state index contributed by atoms with van der Waals surface area (Å²) in [5, 5.41) is 2.76. The van der Waals surface area contributed by atoms with Crippen LogP contribution in [0.1, 0.15) is 29.5 Å². The van der Waals surface area contributed by atoms with Crippen molar-refractivity contribution in [2.45, 2.75) is 19.3 Å². The van der Waals surface area contributed by atoms with Gasteiger partial charge in [-0.2, -0.15) is 0 Å². The molecule has 2 aliphatic heterocycles. The predicted octanol–water partition coefficient (Wildman–Crippen LogP) is 2.88. The second kappa shape index (κ2) is 7.21. The molecule has 3 aliphatic rings. The summed E-state index contributed by atoms with van der Waals surface area (Å²) in [5.41, 5.74) is 4.36. The summed E-state index contributed by atoms with van der Waals surface area (Å²) in [6.45, 7) is 1.50. The van der Waals surface area contributed by atoms with Gasteiger partial charge in [-0.15, -0.1) is 0 Å². The van der Waals surface area contributed by atoms with E-state index in [0.29, 0.717) is 36.1 Å². The molecule has 5 nitrogen and oxygen atoms in total. The number of nitrogens with zero attached hydrogens (tertiary/aromatic N) is 2. The Morgan fingerprint density at radius 1 is 1.17 bits per heavy atom. The van der Waals surface area contributed by atoms with Gasteiger partial charge in [-0.3, -0.25) is 9.59 Å². The van der Waals surface area contributed by atoms with Gasteiger partial charge in [-0.05, 0) is 47.4 Å². The first-order chi connectivity index (χ1) is 14.2. The Morgan fingerprint density at radius 2 is 2.03 bits per heavy atom. The highest BCUT2D eigenvalue weighted by Gasteiger charge is 2.37. The molecule has 2 amide bonds. The van der Waals surface area contributed by atoms with Crippen molar-refractivity contribution in [3.05, 3.63) is 65.4 Å². The normalized spacial score (nSPS) is 22.1. The number of anilines is 1. The molecule has 1 aliphatic carbocycles. The Bertz CT molecular complexity index is 1080. The maximum atomic E-state index is 12.6. The van der Waals surface area contributed by atoms with Crippen molar-refractivity contribution < 1.29 is 9.59 Å². The number of aryl methyl sites for hydroxylation is 1. The van der Waals surface area contributed by atoms with Crippen molar-refractivity contribution in [1.82, 2.24) is 9.88 Å². The summed E-state index contributed by atoms with van der Waals surface area (Å²) < 4.78 is 0. The van der Waals surface area contributed by atoms with Gasteiger partial charge in [0.15, 0.2) is 0 Å². The van der Waals surface area contributed by atoms with Crippen LogP contribution in [0.15, 0.2) is 48.7 Å². The van der Waals surface area contributed by atoms with E-state index in [4.69, 9.17) is 0 Å². The molecule has 1 aromatic heterocycles. The number of hydrogen-bond donors (Lipinski definition) is 1. The highest BCUT2D eigenvalue weighted by molar-refractivity contribution is 5.95. The minimum Gasteiger partial charge on any atom is -0.331 e. The van der Waals surface area contributed by atoms with E-state index in [1.54, 1.807) is 6.20 Å². The van der Waals surface area contributed by atoms with Crippen molar-refractivity contribution in [3.63, 3.8) is 0 Å². The van der Waals surface area contributed by atoms with Crippen molar-refractivity contribution in [3.8, 4) is 11.8 Å². The lowest BCUT2D eigenvalue weighted by atomic mass is 9.98. The van der Waals surface area contributed by atoms with Gasteiger partial charge in [0.25, 0.3) is 5.91 Å². The highest BCUT2D eigenvalue weighted by atomic mass is 16.2. The van der Waals surface area contributed by atoms with Crippen molar-refractivity contribution >= 4 is 23.2 Å². The van der Waals surface area contributed by atoms with Gasteiger partial charge >= 0.3 is 0 Å². The van der Waals surface area contributed by atoms with E-state index in [0.717, 1.165) is 25.1 Å². The van der Waals surface area contributed by atoms with Gasteiger partial charge in [0.05, 0.1) is 0 Å². The Morgan fingerprint density at radius 3 is 2.86 bits per heavy atom. The van der Waals surface area contributed by atoms with E-state index < -0.39 is 0 Å². The number of hydrogen-bond acceptors (Lipinski definition) is 3. The first kappa shape index (κ1) is 17.7. The summed E-state index contributed by atoms with van der Waals surface area (Å²) in [5.74, 6) is 7.11. The van der Waals surface area contributed by atoms with Crippen LogP contribution in [0.4, 0.5) is 5.82 Å². The molecular formula is C24H21N3O2.